The molecular formula is C17H15NO3. The Morgan fingerprint density at radius 1 is 1.14 bits per heavy atom. The molecule has 0 saturated carbocycles. The minimum Gasteiger partial charge on any atom is -0.386 e. The first-order chi connectivity index (χ1) is 10.1. The number of carbonyl (C=O) groups excluding carboxylic acids is 2. The Labute approximate surface area is 122 Å². The first-order valence-electron chi connectivity index (χ1n) is 6.74. The lowest BCUT2D eigenvalue weighted by Crippen LogP contribution is -2.02. The second-order valence-electron chi connectivity index (χ2n) is 5.00. The Morgan fingerprint density at radius 2 is 1.86 bits per heavy atom. The van der Waals surface area contributed by atoms with Crippen LogP contribution in [0.3, 0.4) is 0 Å². The van der Waals surface area contributed by atoms with Crippen LogP contribution in [0.15, 0.2) is 42.0 Å². The van der Waals surface area contributed by atoms with E-state index in [-0.39, 0.29) is 0 Å². The van der Waals surface area contributed by atoms with Crippen LogP contribution in [0.2, 0.25) is 0 Å². The summed E-state index contributed by atoms with van der Waals surface area (Å²) < 4.78 is 6.81. The first-order valence-corrected chi connectivity index (χ1v) is 6.74. The summed E-state index contributed by atoms with van der Waals surface area (Å²) in [6, 6.07) is 7.81. The fourth-order valence-corrected chi connectivity index (χ4v) is 2.79. The molecule has 0 spiro atoms. The smallest absolute Gasteiger partial charge is 0.347 e. The van der Waals surface area contributed by atoms with E-state index < -0.39 is 11.9 Å². The second kappa shape index (κ2) is 4.74. The fourth-order valence-electron chi connectivity index (χ4n) is 2.79. The maximum absolute atomic E-state index is 12.1. The monoisotopic (exact) mass is 281 g/mol. The minimum atomic E-state index is -0.583. The van der Waals surface area contributed by atoms with Gasteiger partial charge >= 0.3 is 11.9 Å². The average molecular weight is 281 g/mol. The Morgan fingerprint density at radius 3 is 2.57 bits per heavy atom. The van der Waals surface area contributed by atoms with E-state index in [1.165, 1.54) is 0 Å². The van der Waals surface area contributed by atoms with Gasteiger partial charge in [-0.3, -0.25) is 0 Å². The van der Waals surface area contributed by atoms with Crippen LogP contribution in [0, 0.1) is 6.92 Å². The van der Waals surface area contributed by atoms with Crippen molar-refractivity contribution in [2.24, 2.45) is 7.05 Å². The van der Waals surface area contributed by atoms with Gasteiger partial charge in [0.15, 0.2) is 0 Å². The highest BCUT2D eigenvalue weighted by Gasteiger charge is 2.35. The van der Waals surface area contributed by atoms with Crippen molar-refractivity contribution in [3.05, 3.63) is 53.2 Å². The highest BCUT2D eigenvalue weighted by molar-refractivity contribution is 6.34. The number of hydrogen-bond acceptors (Lipinski definition) is 3. The van der Waals surface area contributed by atoms with Crippen LogP contribution in [0.5, 0.6) is 0 Å². The molecule has 4 heteroatoms. The standard InChI is InChI=1S/C17H15NO3/c1-4-7-12-15(17(20)21-16(12)19)14-10(2)18(3)13-9-6-5-8-11(13)14/h4-9H,1-3H3/b7-4+. The molecule has 106 valence electrons. The predicted octanol–water partition coefficient (Wildman–Crippen LogP) is 2.90. The lowest BCUT2D eigenvalue weighted by atomic mass is 9.98. The highest BCUT2D eigenvalue weighted by atomic mass is 16.6. The van der Waals surface area contributed by atoms with E-state index >= 15 is 0 Å². The average Bonchev–Trinajstić information content (AvgIpc) is 2.87. The van der Waals surface area contributed by atoms with Gasteiger partial charge in [0.25, 0.3) is 0 Å². The molecule has 0 aliphatic carbocycles. The molecule has 0 bridgehead atoms. The van der Waals surface area contributed by atoms with Crippen LogP contribution in [0.1, 0.15) is 18.2 Å². The number of benzene rings is 1. The molecule has 0 atom stereocenters. The molecule has 1 aliphatic rings. The molecule has 1 aromatic heterocycles. The zero-order valence-electron chi connectivity index (χ0n) is 12.1. The number of cyclic esters (lactones) is 2. The quantitative estimate of drug-likeness (QED) is 0.628. The number of hydrogen-bond donors (Lipinski definition) is 0. The Balaban J connectivity index is 2.42. The Hall–Kier alpha value is -2.62. The molecule has 0 N–H and O–H groups in total. The summed E-state index contributed by atoms with van der Waals surface area (Å²) in [6.07, 6.45) is 3.36. The second-order valence-corrected chi connectivity index (χ2v) is 5.00. The first kappa shape index (κ1) is 13.4. The van der Waals surface area contributed by atoms with Crippen molar-refractivity contribution in [3.8, 4) is 0 Å². The maximum Gasteiger partial charge on any atom is 0.347 e. The SMILES string of the molecule is C/C=C/C1=C(c2c(C)n(C)c3ccccc23)C(=O)OC1=O. The van der Waals surface area contributed by atoms with E-state index in [9.17, 15) is 9.59 Å². The van der Waals surface area contributed by atoms with Gasteiger partial charge in [-0.25, -0.2) is 9.59 Å². The lowest BCUT2D eigenvalue weighted by molar-refractivity contribution is -0.150. The third-order valence-electron chi connectivity index (χ3n) is 3.86. The molecule has 21 heavy (non-hydrogen) atoms. The number of fused-ring (bicyclic) bond motifs is 1. The fraction of sp³-hybridized carbons (Fsp3) is 0.176. The summed E-state index contributed by atoms with van der Waals surface area (Å²) in [6.45, 7) is 3.74. The summed E-state index contributed by atoms with van der Waals surface area (Å²) in [5.74, 6) is -1.16. The van der Waals surface area contributed by atoms with Crippen LogP contribution in [-0.4, -0.2) is 16.5 Å². The van der Waals surface area contributed by atoms with E-state index in [1.54, 1.807) is 19.1 Å². The Kier molecular flexibility index (Phi) is 3.01. The largest absolute Gasteiger partial charge is 0.386 e. The molecular weight excluding hydrogens is 266 g/mol. The van der Waals surface area contributed by atoms with E-state index in [2.05, 4.69) is 0 Å². The van der Waals surface area contributed by atoms with Gasteiger partial charge in [0.05, 0.1) is 11.1 Å². The molecule has 2 heterocycles. The lowest BCUT2D eigenvalue weighted by Gasteiger charge is -2.02. The van der Waals surface area contributed by atoms with Crippen LogP contribution in [0.25, 0.3) is 16.5 Å². The van der Waals surface area contributed by atoms with Gasteiger partial charge in [-0.15, -0.1) is 0 Å². The van der Waals surface area contributed by atoms with Gasteiger partial charge in [0, 0.05) is 29.2 Å². The van der Waals surface area contributed by atoms with Gasteiger partial charge in [0.1, 0.15) is 0 Å². The van der Waals surface area contributed by atoms with E-state index in [4.69, 9.17) is 4.74 Å². The van der Waals surface area contributed by atoms with Crippen molar-refractivity contribution in [3.63, 3.8) is 0 Å². The third kappa shape index (κ3) is 1.83. The number of aromatic nitrogens is 1. The summed E-state index contributed by atoms with van der Waals surface area (Å²) in [5.41, 5.74) is 3.40. The molecule has 4 nitrogen and oxygen atoms in total. The van der Waals surface area contributed by atoms with Crippen molar-refractivity contribution in [1.29, 1.82) is 0 Å². The van der Waals surface area contributed by atoms with Gasteiger partial charge in [0.2, 0.25) is 0 Å². The zero-order valence-corrected chi connectivity index (χ0v) is 12.1. The number of rotatable bonds is 2. The summed E-state index contributed by atoms with van der Waals surface area (Å²) in [7, 11) is 1.94. The third-order valence-corrected chi connectivity index (χ3v) is 3.86. The van der Waals surface area contributed by atoms with Crippen LogP contribution in [-0.2, 0) is 21.4 Å². The van der Waals surface area contributed by atoms with Crippen molar-refractivity contribution in [2.75, 3.05) is 0 Å². The molecule has 1 aliphatic heterocycles. The van der Waals surface area contributed by atoms with E-state index in [0.717, 1.165) is 22.2 Å². The van der Waals surface area contributed by atoms with Gasteiger partial charge in [-0.05, 0) is 19.9 Å². The van der Waals surface area contributed by atoms with Crippen molar-refractivity contribution in [2.45, 2.75) is 13.8 Å². The number of aryl methyl sites for hydroxylation is 1. The molecule has 0 unspecified atom stereocenters. The topological polar surface area (TPSA) is 48.3 Å². The predicted molar refractivity (Wildman–Crippen MR) is 80.5 cm³/mol. The van der Waals surface area contributed by atoms with E-state index in [0.29, 0.717) is 11.1 Å². The van der Waals surface area contributed by atoms with Gasteiger partial charge in [-0.1, -0.05) is 30.4 Å². The normalized spacial score (nSPS) is 15.6. The molecule has 0 radical (unpaired) electrons. The van der Waals surface area contributed by atoms with E-state index in [1.807, 2.05) is 42.8 Å². The maximum atomic E-state index is 12.1. The number of para-hydroxylation sites is 1. The number of nitrogens with zero attached hydrogens (tertiary/aromatic N) is 1. The number of carbonyl (C=O) groups is 2. The summed E-state index contributed by atoms with van der Waals surface area (Å²) in [5, 5.41) is 0.946. The highest BCUT2D eigenvalue weighted by Crippen LogP contribution is 2.36. The Bertz CT molecular complexity index is 837. The zero-order chi connectivity index (χ0) is 15.1. The van der Waals surface area contributed by atoms with Crippen molar-refractivity contribution >= 4 is 28.4 Å². The van der Waals surface area contributed by atoms with Crippen LogP contribution < -0.4 is 0 Å². The summed E-state index contributed by atoms with van der Waals surface area (Å²) >= 11 is 0. The minimum absolute atomic E-state index is 0.321. The molecule has 3 rings (SSSR count). The van der Waals surface area contributed by atoms with Crippen molar-refractivity contribution < 1.29 is 14.3 Å². The molecule has 0 amide bonds. The van der Waals surface area contributed by atoms with Gasteiger partial charge < -0.3 is 9.30 Å². The van der Waals surface area contributed by atoms with Crippen LogP contribution in [0.4, 0.5) is 0 Å². The molecule has 0 saturated heterocycles. The number of esters is 2. The molecule has 0 fully saturated rings. The van der Waals surface area contributed by atoms with Crippen molar-refractivity contribution in [1.82, 2.24) is 4.57 Å². The molecule has 2 aromatic rings. The summed E-state index contributed by atoms with van der Waals surface area (Å²) in [4.78, 5) is 24.0. The van der Waals surface area contributed by atoms with Crippen LogP contribution >= 0.6 is 0 Å². The number of ether oxygens (including phenoxy) is 1. The number of allylic oxidation sites excluding steroid dienone is 1. The van der Waals surface area contributed by atoms with Gasteiger partial charge in [-0.2, -0.15) is 0 Å². The molecule has 1 aromatic carbocycles.